The number of furan rings is 1. The molecule has 0 aliphatic heterocycles. The summed E-state index contributed by atoms with van der Waals surface area (Å²) in [5.41, 5.74) is 2.72. The Bertz CT molecular complexity index is 1300. The van der Waals surface area contributed by atoms with Gasteiger partial charge in [0.05, 0.1) is 6.04 Å². The monoisotopic (exact) mass is 447 g/mol. The second-order valence-corrected chi connectivity index (χ2v) is 8.66. The highest BCUT2D eigenvalue weighted by atomic mass is 32.2. The third-order valence-electron chi connectivity index (χ3n) is 5.13. The van der Waals surface area contributed by atoms with E-state index in [1.54, 1.807) is 37.3 Å². The van der Waals surface area contributed by atoms with Crippen molar-refractivity contribution in [2.45, 2.75) is 24.6 Å². The number of thioether (sulfide) groups is 1. The minimum atomic E-state index is -1.08. The summed E-state index contributed by atoms with van der Waals surface area (Å²) < 4.78 is 5.81. The van der Waals surface area contributed by atoms with Crippen LogP contribution in [0.1, 0.15) is 22.8 Å². The van der Waals surface area contributed by atoms with E-state index in [9.17, 15) is 19.5 Å². The molecule has 4 rings (SSSR count). The van der Waals surface area contributed by atoms with E-state index in [1.807, 2.05) is 42.5 Å². The summed E-state index contributed by atoms with van der Waals surface area (Å²) in [5, 5.41) is 12.8. The van der Waals surface area contributed by atoms with Crippen molar-refractivity contribution >= 4 is 50.7 Å². The number of nitrogens with one attached hydrogen (secondary N) is 1. The molecule has 0 aliphatic carbocycles. The largest absolute Gasteiger partial charge is 0.480 e. The summed E-state index contributed by atoms with van der Waals surface area (Å²) in [7, 11) is 0. The first-order chi connectivity index (χ1) is 15.4. The lowest BCUT2D eigenvalue weighted by Gasteiger charge is -2.16. The van der Waals surface area contributed by atoms with E-state index >= 15 is 0 Å². The van der Waals surface area contributed by atoms with Gasteiger partial charge in [0.1, 0.15) is 16.4 Å². The topological polar surface area (TPSA) is 96.6 Å². The molecule has 2 atom stereocenters. The molecule has 1 amide bonds. The van der Waals surface area contributed by atoms with E-state index in [-0.39, 0.29) is 12.3 Å². The average Bonchev–Trinajstić information content (AvgIpc) is 3.17. The normalized spacial score (nSPS) is 13.0. The molecule has 0 aliphatic rings. The van der Waals surface area contributed by atoms with Crippen LogP contribution < -0.4 is 5.32 Å². The molecule has 0 spiro atoms. The smallest absolute Gasteiger partial charge is 0.317 e. The van der Waals surface area contributed by atoms with Crippen LogP contribution in [0.2, 0.25) is 0 Å². The highest BCUT2D eigenvalue weighted by Gasteiger charge is 2.26. The minimum absolute atomic E-state index is 0.167. The highest BCUT2D eigenvalue weighted by Crippen LogP contribution is 2.30. The van der Waals surface area contributed by atoms with Crippen LogP contribution in [0.15, 0.2) is 77.2 Å². The Morgan fingerprint density at radius 3 is 2.38 bits per heavy atom. The molecular formula is C25H21NO5S. The lowest BCUT2D eigenvalue weighted by molar-refractivity contribution is -0.136. The Kier molecular flexibility index (Phi) is 6.28. The Labute approximate surface area is 188 Å². The molecule has 0 unspecified atom stereocenters. The summed E-state index contributed by atoms with van der Waals surface area (Å²) in [6.45, 7) is 1.55. The third kappa shape index (κ3) is 4.68. The first kappa shape index (κ1) is 21.6. The van der Waals surface area contributed by atoms with Gasteiger partial charge in [-0.3, -0.25) is 14.4 Å². The summed E-state index contributed by atoms with van der Waals surface area (Å²) >= 11 is 0.727. The van der Waals surface area contributed by atoms with Crippen LogP contribution >= 0.6 is 11.8 Å². The fraction of sp³-hybridized carbons (Fsp3) is 0.160. The lowest BCUT2D eigenvalue weighted by Crippen LogP contribution is -2.38. The molecule has 32 heavy (non-hydrogen) atoms. The van der Waals surface area contributed by atoms with Crippen LogP contribution in [0, 0.1) is 0 Å². The van der Waals surface area contributed by atoms with Gasteiger partial charge in [0.2, 0.25) is 5.12 Å². The third-order valence-corrected chi connectivity index (χ3v) is 6.37. The number of carboxylic acids is 1. The Balaban J connectivity index is 1.46. The van der Waals surface area contributed by atoms with Crippen LogP contribution in [-0.4, -0.2) is 33.4 Å². The lowest BCUT2D eigenvalue weighted by atomic mass is 10.1. The molecule has 0 fully saturated rings. The molecule has 2 N–H and O–H groups in total. The average molecular weight is 448 g/mol. The summed E-state index contributed by atoms with van der Waals surface area (Å²) in [6.07, 6.45) is 0.167. The summed E-state index contributed by atoms with van der Waals surface area (Å²) in [5.74, 6) is -1.46. The maximum absolute atomic E-state index is 12.6. The molecule has 3 aromatic carbocycles. The predicted molar refractivity (Wildman–Crippen MR) is 125 cm³/mol. The minimum Gasteiger partial charge on any atom is -0.480 e. The molecule has 6 nitrogen and oxygen atoms in total. The number of rotatable bonds is 7. The standard InChI is InChI=1S/C25H21NO5S/c1-15(26-23(27)17-7-3-2-4-8-17)25(30)32-22(24(28)29)14-16-11-12-21-19(13-16)18-9-5-6-10-20(18)31-21/h2-13,15,22H,14H2,1H3,(H,26,27)(H,28,29)/t15-,22-/m1/s1. The summed E-state index contributed by atoms with van der Waals surface area (Å²) in [6, 6.07) is 20.9. The van der Waals surface area contributed by atoms with Gasteiger partial charge >= 0.3 is 5.97 Å². The van der Waals surface area contributed by atoms with E-state index in [2.05, 4.69) is 5.32 Å². The van der Waals surface area contributed by atoms with Gasteiger partial charge in [-0.05, 0) is 49.2 Å². The van der Waals surface area contributed by atoms with Gasteiger partial charge in [-0.15, -0.1) is 0 Å². The van der Waals surface area contributed by atoms with Crippen LogP contribution in [-0.2, 0) is 16.0 Å². The van der Waals surface area contributed by atoms with Gasteiger partial charge < -0.3 is 14.8 Å². The van der Waals surface area contributed by atoms with E-state index in [0.717, 1.165) is 39.3 Å². The molecular weight excluding hydrogens is 426 g/mol. The van der Waals surface area contributed by atoms with Gasteiger partial charge in [-0.25, -0.2) is 0 Å². The van der Waals surface area contributed by atoms with Crippen LogP contribution in [0.25, 0.3) is 21.9 Å². The van der Waals surface area contributed by atoms with E-state index in [4.69, 9.17) is 4.42 Å². The molecule has 0 saturated heterocycles. The van der Waals surface area contributed by atoms with Crippen molar-refractivity contribution in [2.75, 3.05) is 0 Å². The second kappa shape index (κ2) is 9.28. The fourth-order valence-corrected chi connectivity index (χ4v) is 4.38. The predicted octanol–water partition coefficient (Wildman–Crippen LogP) is 4.66. The van der Waals surface area contributed by atoms with Crippen molar-refractivity contribution in [3.63, 3.8) is 0 Å². The molecule has 0 radical (unpaired) electrons. The number of amides is 1. The zero-order valence-corrected chi connectivity index (χ0v) is 18.1. The number of carbonyl (C=O) groups excluding carboxylic acids is 2. The number of hydrogen-bond acceptors (Lipinski definition) is 5. The van der Waals surface area contributed by atoms with Gasteiger partial charge in [0.15, 0.2) is 0 Å². The van der Waals surface area contributed by atoms with Crippen molar-refractivity contribution in [1.29, 1.82) is 0 Å². The zero-order valence-electron chi connectivity index (χ0n) is 17.3. The Morgan fingerprint density at radius 2 is 1.62 bits per heavy atom. The number of para-hydroxylation sites is 1. The maximum Gasteiger partial charge on any atom is 0.317 e. The summed E-state index contributed by atoms with van der Waals surface area (Å²) in [4.78, 5) is 36.8. The van der Waals surface area contributed by atoms with E-state index in [1.165, 1.54) is 0 Å². The van der Waals surface area contributed by atoms with Crippen molar-refractivity contribution in [3.8, 4) is 0 Å². The number of benzene rings is 3. The highest BCUT2D eigenvalue weighted by molar-refractivity contribution is 8.14. The number of aliphatic carboxylic acids is 1. The Morgan fingerprint density at radius 1 is 0.938 bits per heavy atom. The molecule has 162 valence electrons. The van der Waals surface area contributed by atoms with Gasteiger partial charge in [-0.1, -0.05) is 54.2 Å². The molecule has 7 heteroatoms. The van der Waals surface area contributed by atoms with Gasteiger partial charge in [-0.2, -0.15) is 0 Å². The van der Waals surface area contributed by atoms with E-state index in [0.29, 0.717) is 5.56 Å². The van der Waals surface area contributed by atoms with Crippen molar-refractivity contribution in [2.24, 2.45) is 0 Å². The maximum atomic E-state index is 12.6. The molecule has 0 saturated carbocycles. The second-order valence-electron chi connectivity index (χ2n) is 7.46. The first-order valence-corrected chi connectivity index (χ1v) is 11.0. The van der Waals surface area contributed by atoms with Crippen LogP contribution in [0.3, 0.4) is 0 Å². The quantitative estimate of drug-likeness (QED) is 0.428. The van der Waals surface area contributed by atoms with Crippen molar-refractivity contribution in [1.82, 2.24) is 5.32 Å². The molecule has 1 heterocycles. The fourth-order valence-electron chi connectivity index (χ4n) is 3.46. The van der Waals surface area contributed by atoms with Crippen LogP contribution in [0.5, 0.6) is 0 Å². The number of carbonyl (C=O) groups is 3. The molecule has 1 aromatic heterocycles. The van der Waals surface area contributed by atoms with E-state index < -0.39 is 22.4 Å². The van der Waals surface area contributed by atoms with Gasteiger partial charge in [0.25, 0.3) is 5.91 Å². The first-order valence-electron chi connectivity index (χ1n) is 10.1. The number of hydrogen-bond donors (Lipinski definition) is 2. The molecule has 0 bridgehead atoms. The van der Waals surface area contributed by atoms with Crippen LogP contribution in [0.4, 0.5) is 0 Å². The molecule has 4 aromatic rings. The van der Waals surface area contributed by atoms with Crippen molar-refractivity contribution in [3.05, 3.63) is 83.9 Å². The SMILES string of the molecule is C[C@@H](NC(=O)c1ccccc1)C(=O)S[C@H](Cc1ccc2oc3ccccc3c2c1)C(=O)O. The Hall–Kier alpha value is -3.58. The van der Waals surface area contributed by atoms with Gasteiger partial charge in [0, 0.05) is 16.3 Å². The zero-order chi connectivity index (χ0) is 22.7. The number of fused-ring (bicyclic) bond motifs is 3. The van der Waals surface area contributed by atoms with Crippen molar-refractivity contribution < 1.29 is 23.9 Å². The number of carboxylic acid groups (broad SMARTS) is 1.